The van der Waals surface area contributed by atoms with E-state index in [0.717, 1.165) is 0 Å². The summed E-state index contributed by atoms with van der Waals surface area (Å²) in [7, 11) is 0. The molecule has 4 fully saturated rings. The molecule has 14 heavy (non-hydrogen) atoms. The Kier molecular flexibility index (Phi) is 2.13. The first kappa shape index (κ1) is 10.8. The van der Waals surface area contributed by atoms with Crippen LogP contribution in [0.1, 0.15) is 27.7 Å². The van der Waals surface area contributed by atoms with Gasteiger partial charge in [0.25, 0.3) is 0 Å². The molecule has 4 aliphatic heterocycles. The summed E-state index contributed by atoms with van der Waals surface area (Å²) in [5, 5.41) is 0. The Balaban J connectivity index is 2.08. The van der Waals surface area contributed by atoms with E-state index in [1.807, 2.05) is 47.0 Å². The molecular formula is C8H12OS5. The molecule has 80 valence electrons. The van der Waals surface area contributed by atoms with Gasteiger partial charge in [-0.15, -0.1) is 11.8 Å². The summed E-state index contributed by atoms with van der Waals surface area (Å²) in [5.74, 6) is 0. The molecule has 0 spiro atoms. The van der Waals surface area contributed by atoms with Crippen molar-refractivity contribution >= 4 is 58.8 Å². The average molecular weight is 285 g/mol. The van der Waals surface area contributed by atoms with E-state index in [9.17, 15) is 0 Å². The van der Waals surface area contributed by atoms with Crippen molar-refractivity contribution in [2.45, 2.75) is 43.0 Å². The van der Waals surface area contributed by atoms with E-state index in [0.29, 0.717) is 0 Å². The van der Waals surface area contributed by atoms with Crippen LogP contribution >= 0.6 is 58.8 Å². The highest BCUT2D eigenvalue weighted by molar-refractivity contribution is 8.54. The fraction of sp³-hybridized carbons (Fsp3) is 1.00. The summed E-state index contributed by atoms with van der Waals surface area (Å²) in [6.45, 7) is 9.11. The van der Waals surface area contributed by atoms with Crippen LogP contribution in [0.5, 0.6) is 0 Å². The number of thioether (sulfide) groups is 5. The molecule has 0 aromatic carbocycles. The number of ether oxygens (including phenoxy) is 1. The minimum absolute atomic E-state index is 0.0417. The van der Waals surface area contributed by atoms with Crippen molar-refractivity contribution in [1.29, 1.82) is 0 Å². The topological polar surface area (TPSA) is 9.23 Å². The van der Waals surface area contributed by atoms with Crippen molar-refractivity contribution < 1.29 is 4.74 Å². The highest BCUT2D eigenvalue weighted by Crippen LogP contribution is 2.83. The summed E-state index contributed by atoms with van der Waals surface area (Å²) >= 11 is 9.93. The molecule has 4 aliphatic rings. The summed E-state index contributed by atoms with van der Waals surface area (Å²) < 4.78 is 6.63. The third kappa shape index (κ3) is 1.56. The molecule has 4 bridgehead atoms. The zero-order chi connectivity index (χ0) is 10.2. The zero-order valence-electron chi connectivity index (χ0n) is 8.45. The van der Waals surface area contributed by atoms with Crippen LogP contribution in [0.25, 0.3) is 0 Å². The van der Waals surface area contributed by atoms with Crippen LogP contribution in [0.4, 0.5) is 0 Å². The third-order valence-corrected chi connectivity index (χ3v) is 10.3. The first-order chi connectivity index (χ1) is 6.24. The van der Waals surface area contributed by atoms with Crippen LogP contribution < -0.4 is 0 Å². The Bertz CT molecular complexity index is 211. The predicted molar refractivity (Wildman–Crippen MR) is 72.7 cm³/mol. The van der Waals surface area contributed by atoms with Gasteiger partial charge in [-0.05, 0) is 27.7 Å². The van der Waals surface area contributed by atoms with Crippen molar-refractivity contribution in [2.75, 3.05) is 0 Å². The van der Waals surface area contributed by atoms with Crippen LogP contribution in [0, 0.1) is 0 Å². The summed E-state index contributed by atoms with van der Waals surface area (Å²) in [5.41, 5.74) is 0. The Morgan fingerprint density at radius 2 is 1.00 bits per heavy atom. The molecule has 0 N–H and O–H groups in total. The van der Waals surface area contributed by atoms with E-state index in [4.69, 9.17) is 4.74 Å². The van der Waals surface area contributed by atoms with E-state index < -0.39 is 0 Å². The fourth-order valence-corrected chi connectivity index (χ4v) is 17.7. The van der Waals surface area contributed by atoms with Crippen molar-refractivity contribution in [2.24, 2.45) is 0 Å². The minimum atomic E-state index is -0.0417. The standard InChI is InChI=1S/C8H12OS5/c1-5-9-6(2)12-7(3,10-5)14-8(4,11-5)13-6/h1-4H3. The van der Waals surface area contributed by atoms with Crippen LogP contribution in [0.2, 0.25) is 0 Å². The third-order valence-electron chi connectivity index (χ3n) is 2.22. The molecule has 4 heterocycles. The first-order valence-electron chi connectivity index (χ1n) is 4.45. The van der Waals surface area contributed by atoms with Gasteiger partial charge in [-0.2, -0.15) is 0 Å². The fourth-order valence-electron chi connectivity index (χ4n) is 2.27. The van der Waals surface area contributed by atoms with Gasteiger partial charge in [0.15, 0.2) is 8.53 Å². The van der Waals surface area contributed by atoms with Gasteiger partial charge in [-0.3, -0.25) is 0 Å². The maximum Gasteiger partial charge on any atom is 0.164 e. The van der Waals surface area contributed by atoms with Gasteiger partial charge >= 0.3 is 0 Å². The van der Waals surface area contributed by atoms with Crippen molar-refractivity contribution in [3.63, 3.8) is 0 Å². The van der Waals surface area contributed by atoms with Crippen LogP contribution in [-0.4, -0.2) is 15.4 Å². The van der Waals surface area contributed by atoms with Gasteiger partial charge in [0.05, 0.1) is 0 Å². The number of hydrogen-bond acceptors (Lipinski definition) is 6. The van der Waals surface area contributed by atoms with Gasteiger partial charge in [0.1, 0.15) is 6.82 Å². The van der Waals surface area contributed by atoms with Gasteiger partial charge < -0.3 is 4.74 Å². The second-order valence-corrected chi connectivity index (χ2v) is 15.2. The lowest BCUT2D eigenvalue weighted by molar-refractivity contribution is 0.0623. The SMILES string of the molecule is CC12OC3(C)SC(C)(S1)SC(C)(S2)S3. The van der Waals surface area contributed by atoms with Crippen LogP contribution in [-0.2, 0) is 4.74 Å². The molecular weight excluding hydrogens is 272 g/mol. The van der Waals surface area contributed by atoms with E-state index in [-0.39, 0.29) is 15.4 Å². The molecule has 0 aromatic heterocycles. The number of hydrogen-bond donors (Lipinski definition) is 0. The van der Waals surface area contributed by atoms with Gasteiger partial charge in [0, 0.05) is 0 Å². The maximum absolute atomic E-state index is 6.17. The largest absolute Gasteiger partial charge is 0.329 e. The lowest BCUT2D eigenvalue weighted by Gasteiger charge is -2.64. The molecule has 4 rings (SSSR count). The lowest BCUT2D eigenvalue weighted by atomic mass is 10.7. The molecule has 0 atom stereocenters. The van der Waals surface area contributed by atoms with E-state index in [2.05, 4.69) is 39.5 Å². The highest BCUT2D eigenvalue weighted by atomic mass is 32.3. The molecule has 4 saturated heterocycles. The Labute approximate surface area is 106 Å². The summed E-state index contributed by atoms with van der Waals surface area (Å²) in [4.78, 5) is 0. The van der Waals surface area contributed by atoms with E-state index in [1.54, 1.807) is 0 Å². The highest BCUT2D eigenvalue weighted by Gasteiger charge is 2.67. The predicted octanol–water partition coefficient (Wildman–Crippen LogP) is 4.40. The number of rotatable bonds is 0. The average Bonchev–Trinajstić information content (AvgIpc) is 1.67. The minimum Gasteiger partial charge on any atom is -0.329 e. The molecule has 1 nitrogen and oxygen atoms in total. The molecule has 0 saturated carbocycles. The van der Waals surface area contributed by atoms with Gasteiger partial charge in [-0.1, -0.05) is 47.0 Å². The van der Waals surface area contributed by atoms with Gasteiger partial charge in [-0.25, -0.2) is 0 Å². The van der Waals surface area contributed by atoms with Crippen molar-refractivity contribution in [3.05, 3.63) is 0 Å². The quantitative estimate of drug-likeness (QED) is 0.647. The molecule has 6 heteroatoms. The van der Waals surface area contributed by atoms with E-state index in [1.165, 1.54) is 0 Å². The zero-order valence-corrected chi connectivity index (χ0v) is 12.5. The second-order valence-electron chi connectivity index (χ2n) is 4.06. The lowest BCUT2D eigenvalue weighted by Crippen LogP contribution is -2.55. The normalized spacial score (nSPS) is 66.0. The molecule has 0 aliphatic carbocycles. The van der Waals surface area contributed by atoms with E-state index >= 15 is 0 Å². The first-order valence-corrected chi connectivity index (χ1v) is 8.53. The maximum atomic E-state index is 6.17. The van der Waals surface area contributed by atoms with Crippen molar-refractivity contribution in [3.8, 4) is 0 Å². The van der Waals surface area contributed by atoms with Crippen LogP contribution in [0.3, 0.4) is 0 Å². The summed E-state index contributed by atoms with van der Waals surface area (Å²) in [6.07, 6.45) is 0. The second kappa shape index (κ2) is 2.75. The monoisotopic (exact) mass is 284 g/mol. The molecule has 0 radical (unpaired) electrons. The Hall–Kier alpha value is 1.71. The Morgan fingerprint density at radius 3 is 1.29 bits per heavy atom. The smallest absolute Gasteiger partial charge is 0.164 e. The molecule has 0 unspecified atom stereocenters. The van der Waals surface area contributed by atoms with Crippen LogP contribution in [0.15, 0.2) is 0 Å². The van der Waals surface area contributed by atoms with Crippen molar-refractivity contribution in [1.82, 2.24) is 0 Å². The summed E-state index contributed by atoms with van der Waals surface area (Å²) in [6, 6.07) is 0. The molecule has 0 aromatic rings. The Morgan fingerprint density at radius 1 is 0.643 bits per heavy atom. The van der Waals surface area contributed by atoms with Gasteiger partial charge in [0.2, 0.25) is 0 Å². The molecule has 0 amide bonds.